The lowest BCUT2D eigenvalue weighted by Crippen LogP contribution is -2.46. The van der Waals surface area contributed by atoms with Crippen LogP contribution >= 0.6 is 0 Å². The standard InChI is InChI=1S/C12H20F3NO4/c1-7(12(13,14)15)6-8(9(17)19-5)16-10(18)20-11(2,3)4/h7-8H,6H2,1-5H3,(H,16,18)/t7-,8+/m0/s1. The molecule has 0 aliphatic rings. The van der Waals surface area contributed by atoms with E-state index in [0.717, 1.165) is 14.0 Å². The number of ether oxygens (including phenoxy) is 2. The van der Waals surface area contributed by atoms with Crippen molar-refractivity contribution in [2.24, 2.45) is 5.92 Å². The van der Waals surface area contributed by atoms with Crippen LogP contribution in [0.2, 0.25) is 0 Å². The molecule has 0 heterocycles. The lowest BCUT2D eigenvalue weighted by molar-refractivity contribution is -0.174. The lowest BCUT2D eigenvalue weighted by Gasteiger charge is -2.24. The Morgan fingerprint density at radius 2 is 1.70 bits per heavy atom. The van der Waals surface area contributed by atoms with E-state index < -0.39 is 42.2 Å². The number of amides is 1. The minimum atomic E-state index is -4.46. The molecule has 0 aromatic heterocycles. The maximum atomic E-state index is 12.5. The van der Waals surface area contributed by atoms with Crippen LogP contribution in [-0.4, -0.2) is 37.0 Å². The molecule has 0 saturated carbocycles. The molecule has 2 atom stereocenters. The number of carbonyl (C=O) groups is 2. The van der Waals surface area contributed by atoms with Gasteiger partial charge in [-0.1, -0.05) is 6.92 Å². The molecule has 0 aliphatic carbocycles. The Morgan fingerprint density at radius 3 is 2.05 bits per heavy atom. The van der Waals surface area contributed by atoms with Gasteiger partial charge in [-0.2, -0.15) is 13.2 Å². The van der Waals surface area contributed by atoms with Crippen LogP contribution in [-0.2, 0) is 14.3 Å². The maximum absolute atomic E-state index is 12.5. The van der Waals surface area contributed by atoms with E-state index in [1.54, 1.807) is 20.8 Å². The Bertz CT molecular complexity index is 350. The average Bonchev–Trinajstić information content (AvgIpc) is 2.22. The van der Waals surface area contributed by atoms with Crippen molar-refractivity contribution in [1.29, 1.82) is 0 Å². The first kappa shape index (κ1) is 18.5. The fraction of sp³-hybridized carbons (Fsp3) is 0.833. The van der Waals surface area contributed by atoms with Gasteiger partial charge in [-0.15, -0.1) is 0 Å². The third-order valence-electron chi connectivity index (χ3n) is 2.32. The minimum Gasteiger partial charge on any atom is -0.467 e. The molecule has 20 heavy (non-hydrogen) atoms. The molecule has 8 heteroatoms. The summed E-state index contributed by atoms with van der Waals surface area (Å²) in [6.45, 7) is 5.71. The van der Waals surface area contributed by atoms with E-state index in [1.807, 2.05) is 0 Å². The van der Waals surface area contributed by atoms with Crippen molar-refractivity contribution in [3.63, 3.8) is 0 Å². The highest BCUT2D eigenvalue weighted by Gasteiger charge is 2.39. The van der Waals surface area contributed by atoms with Gasteiger partial charge in [0.05, 0.1) is 13.0 Å². The molecule has 0 fully saturated rings. The number of carbonyl (C=O) groups excluding carboxylic acids is 2. The van der Waals surface area contributed by atoms with E-state index in [4.69, 9.17) is 4.74 Å². The van der Waals surface area contributed by atoms with Gasteiger partial charge in [0.1, 0.15) is 11.6 Å². The van der Waals surface area contributed by atoms with Crippen molar-refractivity contribution in [2.45, 2.75) is 51.9 Å². The third kappa shape index (κ3) is 7.20. The zero-order valence-corrected chi connectivity index (χ0v) is 12.1. The predicted molar refractivity (Wildman–Crippen MR) is 65.0 cm³/mol. The molecular weight excluding hydrogens is 279 g/mol. The highest BCUT2D eigenvalue weighted by atomic mass is 19.4. The van der Waals surface area contributed by atoms with Crippen LogP contribution in [0, 0.1) is 5.92 Å². The van der Waals surface area contributed by atoms with E-state index in [1.165, 1.54) is 0 Å². The quantitative estimate of drug-likeness (QED) is 0.811. The van der Waals surface area contributed by atoms with Crippen LogP contribution in [0.3, 0.4) is 0 Å². The first-order valence-electron chi connectivity index (χ1n) is 6.01. The molecule has 0 unspecified atom stereocenters. The summed E-state index contributed by atoms with van der Waals surface area (Å²) in [6, 6.07) is -1.41. The normalized spacial score (nSPS) is 15.2. The van der Waals surface area contributed by atoms with Crippen molar-refractivity contribution in [1.82, 2.24) is 5.32 Å². The van der Waals surface area contributed by atoms with Gasteiger partial charge in [0, 0.05) is 0 Å². The summed E-state index contributed by atoms with van der Waals surface area (Å²) in [6.07, 6.45) is -6.04. The van der Waals surface area contributed by atoms with E-state index in [-0.39, 0.29) is 0 Å². The van der Waals surface area contributed by atoms with Gasteiger partial charge >= 0.3 is 18.2 Å². The number of hydrogen-bond acceptors (Lipinski definition) is 4. The highest BCUT2D eigenvalue weighted by Crippen LogP contribution is 2.29. The van der Waals surface area contributed by atoms with E-state index in [0.29, 0.717) is 0 Å². The average molecular weight is 299 g/mol. The second-order valence-corrected chi connectivity index (χ2v) is 5.40. The minimum absolute atomic E-state index is 0.616. The van der Waals surface area contributed by atoms with E-state index in [9.17, 15) is 22.8 Å². The van der Waals surface area contributed by atoms with Gasteiger partial charge in [-0.3, -0.25) is 0 Å². The van der Waals surface area contributed by atoms with Gasteiger partial charge in [0.2, 0.25) is 0 Å². The fourth-order valence-electron chi connectivity index (χ4n) is 1.29. The summed E-state index contributed by atoms with van der Waals surface area (Å²) in [5.74, 6) is -2.71. The summed E-state index contributed by atoms with van der Waals surface area (Å²) in [5, 5.41) is 2.09. The van der Waals surface area contributed by atoms with Crippen molar-refractivity contribution in [2.75, 3.05) is 7.11 Å². The summed E-state index contributed by atoms with van der Waals surface area (Å²) >= 11 is 0. The molecule has 0 aromatic rings. The number of alkyl halides is 3. The smallest absolute Gasteiger partial charge is 0.408 e. The van der Waals surface area contributed by atoms with Gasteiger partial charge in [0.25, 0.3) is 0 Å². The van der Waals surface area contributed by atoms with Crippen LogP contribution < -0.4 is 5.32 Å². The largest absolute Gasteiger partial charge is 0.467 e. The topological polar surface area (TPSA) is 64.6 Å². The van der Waals surface area contributed by atoms with Crippen molar-refractivity contribution in [3.8, 4) is 0 Å². The lowest BCUT2D eigenvalue weighted by atomic mass is 10.0. The first-order chi connectivity index (χ1) is 8.86. The summed E-state index contributed by atoms with van der Waals surface area (Å²) in [4.78, 5) is 22.9. The van der Waals surface area contributed by atoms with Crippen LogP contribution in [0.25, 0.3) is 0 Å². The fourth-order valence-corrected chi connectivity index (χ4v) is 1.29. The van der Waals surface area contributed by atoms with Crippen LogP contribution in [0.15, 0.2) is 0 Å². The van der Waals surface area contributed by atoms with Gasteiger partial charge in [0.15, 0.2) is 0 Å². The molecular formula is C12H20F3NO4. The molecule has 0 aromatic carbocycles. The van der Waals surface area contributed by atoms with Gasteiger partial charge < -0.3 is 14.8 Å². The summed E-state index contributed by atoms with van der Waals surface area (Å²) in [5.41, 5.74) is -0.819. The number of esters is 1. The number of alkyl carbamates (subject to hydrolysis) is 1. The Labute approximate surface area is 115 Å². The van der Waals surface area contributed by atoms with Crippen molar-refractivity contribution >= 4 is 12.1 Å². The Hall–Kier alpha value is -1.47. The van der Waals surface area contributed by atoms with E-state index in [2.05, 4.69) is 10.1 Å². The summed E-state index contributed by atoms with van der Waals surface area (Å²) in [7, 11) is 1.03. The monoisotopic (exact) mass is 299 g/mol. The number of rotatable bonds is 4. The van der Waals surface area contributed by atoms with Gasteiger partial charge in [-0.25, -0.2) is 9.59 Å². The molecule has 1 N–H and O–H groups in total. The molecule has 0 spiro atoms. The predicted octanol–water partition coefficient (Wildman–Crippen LogP) is 2.64. The van der Waals surface area contributed by atoms with Crippen LogP contribution in [0.5, 0.6) is 0 Å². The molecule has 118 valence electrons. The molecule has 0 rings (SSSR count). The molecule has 0 saturated heterocycles. The second-order valence-electron chi connectivity index (χ2n) is 5.40. The number of methoxy groups -OCH3 is 1. The van der Waals surface area contributed by atoms with Crippen molar-refractivity contribution < 1.29 is 32.2 Å². The molecule has 0 bridgehead atoms. The summed E-state index contributed by atoms with van der Waals surface area (Å²) < 4.78 is 46.7. The third-order valence-corrected chi connectivity index (χ3v) is 2.32. The second kappa shape index (κ2) is 6.81. The SMILES string of the molecule is COC(=O)[C@@H](C[C@H](C)C(F)(F)F)NC(=O)OC(C)(C)C. The Morgan fingerprint density at radius 1 is 1.20 bits per heavy atom. The van der Waals surface area contributed by atoms with Crippen molar-refractivity contribution in [3.05, 3.63) is 0 Å². The number of hydrogen-bond donors (Lipinski definition) is 1. The maximum Gasteiger partial charge on any atom is 0.408 e. The number of halogens is 3. The van der Waals surface area contributed by atoms with Gasteiger partial charge in [-0.05, 0) is 27.2 Å². The molecule has 0 radical (unpaired) electrons. The number of nitrogens with one attached hydrogen (secondary N) is 1. The Kier molecular flexibility index (Phi) is 6.31. The van der Waals surface area contributed by atoms with E-state index >= 15 is 0 Å². The first-order valence-corrected chi connectivity index (χ1v) is 6.01. The molecule has 0 aliphatic heterocycles. The van der Waals surface area contributed by atoms with Crippen LogP contribution in [0.4, 0.5) is 18.0 Å². The molecule has 1 amide bonds. The Balaban J connectivity index is 4.75. The highest BCUT2D eigenvalue weighted by molar-refractivity contribution is 5.81. The zero-order valence-electron chi connectivity index (χ0n) is 12.1. The van der Waals surface area contributed by atoms with Crippen LogP contribution in [0.1, 0.15) is 34.1 Å². The zero-order chi connectivity index (χ0) is 16.1. The molecule has 5 nitrogen and oxygen atoms in total.